The summed E-state index contributed by atoms with van der Waals surface area (Å²) in [5, 5.41) is 0.619. The summed E-state index contributed by atoms with van der Waals surface area (Å²) in [5.41, 5.74) is 1.87. The number of imide groups is 1. The van der Waals surface area contributed by atoms with Crippen molar-refractivity contribution < 1.29 is 14.3 Å². The number of carbonyl (C=O) groups excluding carboxylic acids is 2. The SMILES string of the molecule is O=C1C(c2ccc(Cl)cc2)=C(N2CCCCC2)C(=O)N1CCCN1CCOCC1. The number of ether oxygens (including phenoxy) is 1. The number of hydrogen-bond acceptors (Lipinski definition) is 5. The Morgan fingerprint density at radius 1 is 0.862 bits per heavy atom. The minimum atomic E-state index is -0.181. The van der Waals surface area contributed by atoms with E-state index in [2.05, 4.69) is 9.80 Å². The summed E-state index contributed by atoms with van der Waals surface area (Å²) in [6.07, 6.45) is 4.05. The van der Waals surface area contributed by atoms with Crippen LogP contribution in [0.1, 0.15) is 31.2 Å². The molecule has 3 aliphatic heterocycles. The van der Waals surface area contributed by atoms with Crippen molar-refractivity contribution in [3.05, 3.63) is 40.5 Å². The fourth-order valence-electron chi connectivity index (χ4n) is 4.33. The maximum Gasteiger partial charge on any atom is 0.277 e. The molecular weight excluding hydrogens is 390 g/mol. The fourth-order valence-corrected chi connectivity index (χ4v) is 4.46. The fraction of sp³-hybridized carbons (Fsp3) is 0.545. The third-order valence-corrected chi connectivity index (χ3v) is 6.16. The van der Waals surface area contributed by atoms with Gasteiger partial charge in [-0.15, -0.1) is 0 Å². The lowest BCUT2D eigenvalue weighted by Gasteiger charge is -2.30. The molecule has 2 fully saturated rings. The second-order valence-electron chi connectivity index (χ2n) is 7.85. The first-order valence-corrected chi connectivity index (χ1v) is 10.9. The Labute approximate surface area is 177 Å². The van der Waals surface area contributed by atoms with E-state index in [-0.39, 0.29) is 11.8 Å². The van der Waals surface area contributed by atoms with Crippen LogP contribution in [0, 0.1) is 0 Å². The molecule has 1 aromatic carbocycles. The average Bonchev–Trinajstić information content (AvgIpc) is 3.00. The summed E-state index contributed by atoms with van der Waals surface area (Å²) < 4.78 is 5.38. The third-order valence-electron chi connectivity index (χ3n) is 5.91. The van der Waals surface area contributed by atoms with E-state index in [0.717, 1.165) is 70.8 Å². The lowest BCUT2D eigenvalue weighted by Crippen LogP contribution is -2.40. The number of morpholine rings is 1. The van der Waals surface area contributed by atoms with Gasteiger partial charge in [0.2, 0.25) is 0 Å². The molecule has 4 rings (SSSR count). The van der Waals surface area contributed by atoms with E-state index in [1.807, 2.05) is 12.1 Å². The van der Waals surface area contributed by atoms with Crippen LogP contribution in [0.4, 0.5) is 0 Å². The normalized spacial score (nSPS) is 21.4. The minimum Gasteiger partial charge on any atom is -0.379 e. The van der Waals surface area contributed by atoms with Crippen LogP contribution in [0.15, 0.2) is 30.0 Å². The Kier molecular flexibility index (Phi) is 6.53. The Balaban J connectivity index is 1.53. The summed E-state index contributed by atoms with van der Waals surface area (Å²) in [6, 6.07) is 7.22. The van der Waals surface area contributed by atoms with E-state index in [1.165, 1.54) is 11.3 Å². The zero-order valence-electron chi connectivity index (χ0n) is 16.7. The molecule has 0 N–H and O–H groups in total. The largest absolute Gasteiger partial charge is 0.379 e. The number of hydrogen-bond donors (Lipinski definition) is 0. The monoisotopic (exact) mass is 417 g/mol. The van der Waals surface area contributed by atoms with Gasteiger partial charge >= 0.3 is 0 Å². The van der Waals surface area contributed by atoms with Gasteiger partial charge in [0.25, 0.3) is 11.8 Å². The van der Waals surface area contributed by atoms with Crippen LogP contribution in [-0.2, 0) is 14.3 Å². The van der Waals surface area contributed by atoms with Crippen LogP contribution < -0.4 is 0 Å². The van der Waals surface area contributed by atoms with Crippen molar-refractivity contribution in [2.45, 2.75) is 25.7 Å². The number of rotatable bonds is 6. The second kappa shape index (κ2) is 9.28. The molecule has 29 heavy (non-hydrogen) atoms. The molecule has 3 heterocycles. The number of amides is 2. The van der Waals surface area contributed by atoms with Crippen LogP contribution in [0.5, 0.6) is 0 Å². The van der Waals surface area contributed by atoms with Gasteiger partial charge in [-0.3, -0.25) is 19.4 Å². The summed E-state index contributed by atoms with van der Waals surface area (Å²) in [7, 11) is 0. The van der Waals surface area contributed by atoms with Gasteiger partial charge in [0.15, 0.2) is 0 Å². The molecule has 0 aromatic heterocycles. The van der Waals surface area contributed by atoms with E-state index in [0.29, 0.717) is 22.8 Å². The van der Waals surface area contributed by atoms with Gasteiger partial charge in [-0.2, -0.15) is 0 Å². The summed E-state index contributed by atoms with van der Waals surface area (Å²) in [4.78, 5) is 32.5. The molecular formula is C22H28ClN3O3. The first-order chi connectivity index (χ1) is 14.1. The van der Waals surface area contributed by atoms with Gasteiger partial charge in [-0.25, -0.2) is 0 Å². The molecule has 156 valence electrons. The van der Waals surface area contributed by atoms with Crippen molar-refractivity contribution in [2.75, 3.05) is 52.5 Å². The highest BCUT2D eigenvalue weighted by Crippen LogP contribution is 2.33. The van der Waals surface area contributed by atoms with Crippen LogP contribution >= 0.6 is 11.6 Å². The maximum atomic E-state index is 13.3. The van der Waals surface area contributed by atoms with Crippen molar-refractivity contribution in [3.63, 3.8) is 0 Å². The van der Waals surface area contributed by atoms with E-state index >= 15 is 0 Å². The quantitative estimate of drug-likeness (QED) is 0.666. The van der Waals surface area contributed by atoms with Crippen LogP contribution in [0.2, 0.25) is 5.02 Å². The third kappa shape index (κ3) is 4.49. The maximum absolute atomic E-state index is 13.3. The molecule has 2 saturated heterocycles. The van der Waals surface area contributed by atoms with Gasteiger partial charge in [0, 0.05) is 44.3 Å². The highest BCUT2D eigenvalue weighted by atomic mass is 35.5. The Bertz CT molecular complexity index is 781. The zero-order chi connectivity index (χ0) is 20.2. The number of nitrogens with zero attached hydrogens (tertiary/aromatic N) is 3. The lowest BCUT2D eigenvalue weighted by atomic mass is 10.0. The van der Waals surface area contributed by atoms with Gasteiger partial charge < -0.3 is 9.64 Å². The van der Waals surface area contributed by atoms with E-state index < -0.39 is 0 Å². The van der Waals surface area contributed by atoms with Gasteiger partial charge in [-0.05, 0) is 43.4 Å². The number of halogens is 1. The van der Waals surface area contributed by atoms with Crippen LogP contribution in [0.3, 0.4) is 0 Å². The smallest absolute Gasteiger partial charge is 0.277 e. The average molecular weight is 418 g/mol. The van der Waals surface area contributed by atoms with E-state index in [4.69, 9.17) is 16.3 Å². The highest BCUT2D eigenvalue weighted by Gasteiger charge is 2.41. The molecule has 6 nitrogen and oxygen atoms in total. The van der Waals surface area contributed by atoms with E-state index in [1.54, 1.807) is 12.1 Å². The van der Waals surface area contributed by atoms with Crippen LogP contribution in [0.25, 0.3) is 5.57 Å². The molecule has 0 unspecified atom stereocenters. The number of benzene rings is 1. The molecule has 0 spiro atoms. The first kappa shape index (κ1) is 20.4. The first-order valence-electron chi connectivity index (χ1n) is 10.6. The van der Waals surface area contributed by atoms with Gasteiger partial charge in [0.1, 0.15) is 5.70 Å². The number of likely N-dealkylation sites (tertiary alicyclic amines) is 1. The molecule has 0 saturated carbocycles. The lowest BCUT2D eigenvalue weighted by molar-refractivity contribution is -0.137. The van der Waals surface area contributed by atoms with Crippen molar-refractivity contribution in [1.29, 1.82) is 0 Å². The van der Waals surface area contributed by atoms with Gasteiger partial charge in [0.05, 0.1) is 18.8 Å². The van der Waals surface area contributed by atoms with Crippen LogP contribution in [-0.4, -0.2) is 79.0 Å². The Morgan fingerprint density at radius 3 is 2.24 bits per heavy atom. The molecule has 0 aliphatic carbocycles. The van der Waals surface area contributed by atoms with Crippen molar-refractivity contribution in [1.82, 2.24) is 14.7 Å². The molecule has 0 bridgehead atoms. The molecule has 1 aromatic rings. The molecule has 0 atom stereocenters. The summed E-state index contributed by atoms with van der Waals surface area (Å²) in [5.74, 6) is -0.330. The Morgan fingerprint density at radius 2 is 1.55 bits per heavy atom. The summed E-state index contributed by atoms with van der Waals surface area (Å²) in [6.45, 7) is 6.30. The second-order valence-corrected chi connectivity index (χ2v) is 8.28. The topological polar surface area (TPSA) is 53.1 Å². The predicted octanol–water partition coefficient (Wildman–Crippen LogP) is 2.63. The zero-order valence-corrected chi connectivity index (χ0v) is 17.5. The summed E-state index contributed by atoms with van der Waals surface area (Å²) >= 11 is 6.04. The van der Waals surface area contributed by atoms with Crippen molar-refractivity contribution >= 4 is 29.0 Å². The highest BCUT2D eigenvalue weighted by molar-refractivity contribution is 6.36. The minimum absolute atomic E-state index is 0.149. The molecule has 3 aliphatic rings. The number of piperidine rings is 1. The molecule has 2 amide bonds. The number of carbonyl (C=O) groups is 2. The molecule has 7 heteroatoms. The standard InChI is InChI=1S/C22H28ClN3O3/c23-18-7-5-17(6-8-18)19-20(25-10-2-1-3-11-25)22(28)26(21(19)27)12-4-9-24-13-15-29-16-14-24/h5-8H,1-4,9-16H2. The van der Waals surface area contributed by atoms with E-state index in [9.17, 15) is 9.59 Å². The predicted molar refractivity (Wildman–Crippen MR) is 112 cm³/mol. The van der Waals surface area contributed by atoms with Crippen molar-refractivity contribution in [3.8, 4) is 0 Å². The Hall–Kier alpha value is -1.89. The van der Waals surface area contributed by atoms with Gasteiger partial charge in [-0.1, -0.05) is 23.7 Å². The van der Waals surface area contributed by atoms with Crippen molar-refractivity contribution in [2.24, 2.45) is 0 Å². The molecule has 0 radical (unpaired) electrons.